The third-order valence-electron chi connectivity index (χ3n) is 2.10. The maximum Gasteiger partial charge on any atom is 0.416 e. The summed E-state index contributed by atoms with van der Waals surface area (Å²) in [7, 11) is 0. The van der Waals surface area contributed by atoms with E-state index in [9.17, 15) is 13.2 Å². The van der Waals surface area contributed by atoms with E-state index in [1.807, 2.05) is 6.07 Å². The van der Waals surface area contributed by atoms with Crippen LogP contribution in [-0.4, -0.2) is 9.97 Å². The number of nitrogens with one attached hydrogen (secondary N) is 1. The molecule has 82 valence electrons. The summed E-state index contributed by atoms with van der Waals surface area (Å²) in [6.07, 6.45) is -4.31. The van der Waals surface area contributed by atoms with Gasteiger partial charge in [0.15, 0.2) is 0 Å². The Hall–Kier alpha value is -2.03. The van der Waals surface area contributed by atoms with Gasteiger partial charge in [0, 0.05) is 0 Å². The topological polar surface area (TPSA) is 52.5 Å². The zero-order valence-electron chi connectivity index (χ0n) is 7.97. The number of hydrogen-bond donors (Lipinski definition) is 1. The minimum atomic E-state index is -4.37. The van der Waals surface area contributed by atoms with Gasteiger partial charge in [0.1, 0.15) is 5.82 Å². The molecule has 0 amide bonds. The largest absolute Gasteiger partial charge is 0.416 e. The molecule has 1 aromatic heterocycles. The fourth-order valence-electron chi connectivity index (χ4n) is 1.40. The first-order valence-corrected chi connectivity index (χ1v) is 4.43. The van der Waals surface area contributed by atoms with Gasteiger partial charge < -0.3 is 4.98 Å². The molecule has 0 saturated heterocycles. The lowest BCUT2D eigenvalue weighted by Gasteiger charge is -2.05. The molecule has 0 saturated carbocycles. The highest BCUT2D eigenvalue weighted by molar-refractivity contribution is 5.76. The maximum atomic E-state index is 12.4. The zero-order valence-corrected chi connectivity index (χ0v) is 7.97. The normalized spacial score (nSPS) is 11.6. The SMILES string of the molecule is N#CCc1nc2ccc(C(F)(F)F)cc2[nH]1. The molecular weight excluding hydrogens is 219 g/mol. The smallest absolute Gasteiger partial charge is 0.341 e. The van der Waals surface area contributed by atoms with E-state index in [0.29, 0.717) is 16.9 Å². The summed E-state index contributed by atoms with van der Waals surface area (Å²) in [5, 5.41) is 8.44. The van der Waals surface area contributed by atoms with E-state index in [1.165, 1.54) is 6.07 Å². The maximum absolute atomic E-state index is 12.4. The van der Waals surface area contributed by atoms with Crippen molar-refractivity contribution in [1.82, 2.24) is 9.97 Å². The fourth-order valence-corrected chi connectivity index (χ4v) is 1.40. The molecule has 0 aliphatic carbocycles. The molecule has 0 radical (unpaired) electrons. The Morgan fingerprint density at radius 3 is 2.75 bits per heavy atom. The third-order valence-corrected chi connectivity index (χ3v) is 2.10. The van der Waals surface area contributed by atoms with Crippen LogP contribution in [0.1, 0.15) is 11.4 Å². The Bertz CT molecular complexity index is 563. The number of aromatic amines is 1. The number of halogens is 3. The van der Waals surface area contributed by atoms with E-state index < -0.39 is 11.7 Å². The monoisotopic (exact) mass is 225 g/mol. The Morgan fingerprint density at radius 2 is 2.12 bits per heavy atom. The molecule has 2 rings (SSSR count). The molecule has 0 atom stereocenters. The van der Waals surface area contributed by atoms with Crippen LogP contribution in [0.25, 0.3) is 11.0 Å². The summed E-state index contributed by atoms with van der Waals surface area (Å²) in [5.74, 6) is 0.372. The van der Waals surface area contributed by atoms with Crippen molar-refractivity contribution in [2.24, 2.45) is 0 Å². The number of nitriles is 1. The number of imidazole rings is 1. The number of nitrogens with zero attached hydrogens (tertiary/aromatic N) is 2. The van der Waals surface area contributed by atoms with Gasteiger partial charge in [0.05, 0.1) is 29.1 Å². The van der Waals surface area contributed by atoms with Crippen molar-refractivity contribution in [3.63, 3.8) is 0 Å². The van der Waals surface area contributed by atoms with Gasteiger partial charge in [-0.2, -0.15) is 18.4 Å². The molecule has 1 N–H and O–H groups in total. The Morgan fingerprint density at radius 1 is 1.38 bits per heavy atom. The first-order chi connectivity index (χ1) is 7.50. The standard InChI is InChI=1S/C10H6F3N3/c11-10(12,13)6-1-2-7-8(5-6)16-9(15-7)3-4-14/h1-2,5H,3H2,(H,15,16). The number of aromatic nitrogens is 2. The number of H-pyrrole nitrogens is 1. The number of hydrogen-bond acceptors (Lipinski definition) is 2. The van der Waals surface area contributed by atoms with Gasteiger partial charge in [-0.15, -0.1) is 0 Å². The molecule has 2 aromatic rings. The lowest BCUT2D eigenvalue weighted by atomic mass is 10.2. The van der Waals surface area contributed by atoms with Crippen LogP contribution < -0.4 is 0 Å². The average molecular weight is 225 g/mol. The molecule has 1 heterocycles. The number of benzene rings is 1. The quantitative estimate of drug-likeness (QED) is 0.811. The lowest BCUT2D eigenvalue weighted by Crippen LogP contribution is -2.04. The summed E-state index contributed by atoms with van der Waals surface area (Å²) < 4.78 is 37.2. The van der Waals surface area contributed by atoms with Crippen molar-refractivity contribution < 1.29 is 13.2 Å². The van der Waals surface area contributed by atoms with E-state index in [4.69, 9.17) is 5.26 Å². The molecule has 16 heavy (non-hydrogen) atoms. The molecule has 0 unspecified atom stereocenters. The van der Waals surface area contributed by atoms with Crippen LogP contribution in [0.5, 0.6) is 0 Å². The zero-order chi connectivity index (χ0) is 11.8. The van der Waals surface area contributed by atoms with Crippen molar-refractivity contribution in [3.8, 4) is 6.07 Å². The van der Waals surface area contributed by atoms with Crippen LogP contribution in [0.4, 0.5) is 13.2 Å². The van der Waals surface area contributed by atoms with Crippen LogP contribution in [0, 0.1) is 11.3 Å². The summed E-state index contributed by atoms with van der Waals surface area (Å²) in [5.41, 5.74) is -0.00881. The number of rotatable bonds is 1. The van der Waals surface area contributed by atoms with Crippen LogP contribution in [-0.2, 0) is 12.6 Å². The van der Waals surface area contributed by atoms with Crippen LogP contribution in [0.3, 0.4) is 0 Å². The minimum Gasteiger partial charge on any atom is -0.341 e. The van der Waals surface area contributed by atoms with Gasteiger partial charge in [-0.1, -0.05) is 0 Å². The van der Waals surface area contributed by atoms with Crippen molar-refractivity contribution in [2.45, 2.75) is 12.6 Å². The van der Waals surface area contributed by atoms with Crippen LogP contribution in [0.15, 0.2) is 18.2 Å². The molecule has 6 heteroatoms. The third kappa shape index (κ3) is 1.84. The highest BCUT2D eigenvalue weighted by Crippen LogP contribution is 2.30. The molecule has 0 aliphatic rings. The second-order valence-electron chi connectivity index (χ2n) is 3.25. The molecular formula is C10H6F3N3. The van der Waals surface area contributed by atoms with Crippen molar-refractivity contribution in [2.75, 3.05) is 0 Å². The average Bonchev–Trinajstić information content (AvgIpc) is 2.57. The van der Waals surface area contributed by atoms with Crippen molar-refractivity contribution in [1.29, 1.82) is 5.26 Å². The minimum absolute atomic E-state index is 0.0516. The van der Waals surface area contributed by atoms with Gasteiger partial charge in [-0.25, -0.2) is 4.98 Å². The van der Waals surface area contributed by atoms with Crippen molar-refractivity contribution in [3.05, 3.63) is 29.6 Å². The van der Waals surface area contributed by atoms with E-state index in [-0.39, 0.29) is 6.42 Å². The lowest BCUT2D eigenvalue weighted by molar-refractivity contribution is -0.137. The summed E-state index contributed by atoms with van der Waals surface area (Å²) in [4.78, 5) is 6.66. The van der Waals surface area contributed by atoms with Gasteiger partial charge >= 0.3 is 6.18 Å². The molecule has 0 spiro atoms. The molecule has 3 nitrogen and oxygen atoms in total. The Labute approximate surface area is 88.5 Å². The van der Waals surface area contributed by atoms with E-state index >= 15 is 0 Å². The molecule has 0 fully saturated rings. The van der Waals surface area contributed by atoms with E-state index in [1.54, 1.807) is 0 Å². The van der Waals surface area contributed by atoms with Crippen LogP contribution >= 0.6 is 0 Å². The fraction of sp³-hybridized carbons (Fsp3) is 0.200. The highest BCUT2D eigenvalue weighted by Gasteiger charge is 2.30. The molecule has 0 bridgehead atoms. The molecule has 0 aliphatic heterocycles. The first kappa shape index (κ1) is 10.5. The Kier molecular flexibility index (Phi) is 2.31. The summed E-state index contributed by atoms with van der Waals surface area (Å²) in [6, 6.07) is 5.12. The summed E-state index contributed by atoms with van der Waals surface area (Å²) in [6.45, 7) is 0. The highest BCUT2D eigenvalue weighted by atomic mass is 19.4. The van der Waals surface area contributed by atoms with Crippen LogP contribution in [0.2, 0.25) is 0 Å². The molecule has 1 aromatic carbocycles. The van der Waals surface area contributed by atoms with Gasteiger partial charge in [0.2, 0.25) is 0 Å². The Balaban J connectivity index is 2.51. The van der Waals surface area contributed by atoms with Gasteiger partial charge in [0.25, 0.3) is 0 Å². The first-order valence-electron chi connectivity index (χ1n) is 4.43. The second-order valence-corrected chi connectivity index (χ2v) is 3.25. The van der Waals surface area contributed by atoms with E-state index in [0.717, 1.165) is 12.1 Å². The van der Waals surface area contributed by atoms with Gasteiger partial charge in [-0.3, -0.25) is 0 Å². The van der Waals surface area contributed by atoms with E-state index in [2.05, 4.69) is 9.97 Å². The number of fused-ring (bicyclic) bond motifs is 1. The van der Waals surface area contributed by atoms with Gasteiger partial charge in [-0.05, 0) is 18.2 Å². The number of alkyl halides is 3. The predicted molar refractivity (Wildman–Crippen MR) is 50.4 cm³/mol. The predicted octanol–water partition coefficient (Wildman–Crippen LogP) is 2.65. The summed E-state index contributed by atoms with van der Waals surface area (Å²) >= 11 is 0. The van der Waals surface area contributed by atoms with Crippen molar-refractivity contribution >= 4 is 11.0 Å². The second kappa shape index (κ2) is 3.52.